The summed E-state index contributed by atoms with van der Waals surface area (Å²) in [6, 6.07) is 0. The molecule has 1 aromatic rings. The molecule has 3 rings (SSSR count). The first-order chi connectivity index (χ1) is 8.75. The monoisotopic (exact) mass is 248 g/mol. The Bertz CT molecular complexity index is 389. The number of hydrogen-bond acceptors (Lipinski definition) is 3. The van der Waals surface area contributed by atoms with Crippen molar-refractivity contribution in [1.82, 2.24) is 10.3 Å². The van der Waals surface area contributed by atoms with Crippen molar-refractivity contribution in [2.75, 3.05) is 13.1 Å². The predicted octanol–water partition coefficient (Wildman–Crippen LogP) is 2.98. The number of hydrogen-bond donors (Lipinski definition) is 1. The van der Waals surface area contributed by atoms with Crippen LogP contribution in [0.2, 0.25) is 0 Å². The van der Waals surface area contributed by atoms with Crippen molar-refractivity contribution < 1.29 is 4.42 Å². The van der Waals surface area contributed by atoms with Crippen LogP contribution in [0, 0.1) is 17.8 Å². The normalized spacial score (nSPS) is 29.8. The van der Waals surface area contributed by atoms with Crippen LogP contribution in [0.15, 0.2) is 10.6 Å². The molecule has 1 heterocycles. The number of nitrogens with zero attached hydrogens (tertiary/aromatic N) is 1. The third kappa shape index (κ3) is 2.46. The zero-order valence-corrected chi connectivity index (χ0v) is 11.5. The van der Waals surface area contributed by atoms with Gasteiger partial charge in [0.1, 0.15) is 5.76 Å². The Hall–Kier alpha value is -0.830. The molecule has 0 radical (unpaired) electrons. The summed E-state index contributed by atoms with van der Waals surface area (Å²) in [5.74, 6) is 5.32. The molecule has 100 valence electrons. The maximum absolute atomic E-state index is 5.90. The van der Waals surface area contributed by atoms with E-state index in [-0.39, 0.29) is 0 Å². The minimum Gasteiger partial charge on any atom is -0.445 e. The van der Waals surface area contributed by atoms with Gasteiger partial charge < -0.3 is 9.73 Å². The lowest BCUT2D eigenvalue weighted by atomic mass is 10.1. The fourth-order valence-corrected chi connectivity index (χ4v) is 3.42. The van der Waals surface area contributed by atoms with Gasteiger partial charge in [-0.15, -0.1) is 0 Å². The maximum atomic E-state index is 5.90. The molecular weight excluding hydrogens is 224 g/mol. The van der Waals surface area contributed by atoms with Gasteiger partial charge in [0.25, 0.3) is 0 Å². The van der Waals surface area contributed by atoms with Crippen molar-refractivity contribution in [2.24, 2.45) is 17.8 Å². The molecule has 2 saturated carbocycles. The van der Waals surface area contributed by atoms with Crippen LogP contribution in [0.1, 0.15) is 50.7 Å². The average Bonchev–Trinajstić information content (AvgIpc) is 2.75. The molecule has 0 amide bonds. The van der Waals surface area contributed by atoms with Crippen LogP contribution < -0.4 is 5.32 Å². The van der Waals surface area contributed by atoms with Gasteiger partial charge in [-0.3, -0.25) is 0 Å². The van der Waals surface area contributed by atoms with Gasteiger partial charge >= 0.3 is 0 Å². The van der Waals surface area contributed by atoms with Crippen molar-refractivity contribution in [2.45, 2.75) is 45.4 Å². The number of aromatic nitrogens is 1. The van der Waals surface area contributed by atoms with E-state index >= 15 is 0 Å². The number of fused-ring (bicyclic) bond motifs is 1. The minimum atomic E-state index is 0.705. The lowest BCUT2D eigenvalue weighted by Crippen LogP contribution is -2.22. The molecule has 2 aliphatic rings. The van der Waals surface area contributed by atoms with Crippen molar-refractivity contribution >= 4 is 0 Å². The Balaban J connectivity index is 1.46. The Morgan fingerprint density at radius 3 is 2.89 bits per heavy atom. The van der Waals surface area contributed by atoms with Gasteiger partial charge in [0.15, 0.2) is 5.89 Å². The van der Waals surface area contributed by atoms with E-state index in [4.69, 9.17) is 4.42 Å². The summed E-state index contributed by atoms with van der Waals surface area (Å²) >= 11 is 0. The van der Waals surface area contributed by atoms with Crippen LogP contribution in [0.3, 0.4) is 0 Å². The molecule has 0 spiro atoms. The topological polar surface area (TPSA) is 38.1 Å². The average molecular weight is 248 g/mol. The molecule has 2 aliphatic carbocycles. The van der Waals surface area contributed by atoms with E-state index < -0.39 is 0 Å². The smallest absolute Gasteiger partial charge is 0.195 e. The van der Waals surface area contributed by atoms with E-state index in [0.29, 0.717) is 11.8 Å². The second-order valence-electron chi connectivity index (χ2n) is 6.29. The number of oxazole rings is 1. The number of nitrogens with one attached hydrogen (secondary N) is 1. The summed E-state index contributed by atoms with van der Waals surface area (Å²) in [6.45, 7) is 6.49. The van der Waals surface area contributed by atoms with Crippen molar-refractivity contribution in [3.8, 4) is 0 Å². The Kier molecular flexibility index (Phi) is 3.42. The van der Waals surface area contributed by atoms with Gasteiger partial charge in [-0.2, -0.15) is 0 Å². The fourth-order valence-electron chi connectivity index (χ4n) is 3.42. The quantitative estimate of drug-likeness (QED) is 0.787. The fraction of sp³-hybridized carbons (Fsp3) is 0.800. The molecule has 0 saturated heterocycles. The number of rotatable bonds is 6. The predicted molar refractivity (Wildman–Crippen MR) is 71.5 cm³/mol. The molecule has 0 aromatic carbocycles. The van der Waals surface area contributed by atoms with Crippen molar-refractivity contribution in [3.63, 3.8) is 0 Å². The Morgan fingerprint density at radius 2 is 2.17 bits per heavy atom. The van der Waals surface area contributed by atoms with E-state index in [2.05, 4.69) is 24.1 Å². The second kappa shape index (κ2) is 5.04. The lowest BCUT2D eigenvalue weighted by Gasteiger charge is -2.05. The van der Waals surface area contributed by atoms with Crippen molar-refractivity contribution in [3.05, 3.63) is 17.8 Å². The molecular formula is C15H24N2O. The van der Waals surface area contributed by atoms with Crippen LogP contribution in [-0.4, -0.2) is 18.1 Å². The lowest BCUT2D eigenvalue weighted by molar-refractivity contribution is 0.431. The highest BCUT2D eigenvalue weighted by atomic mass is 16.4. The summed E-state index contributed by atoms with van der Waals surface area (Å²) < 4.78 is 5.90. The Morgan fingerprint density at radius 1 is 1.39 bits per heavy atom. The van der Waals surface area contributed by atoms with Gasteiger partial charge in [0.2, 0.25) is 0 Å². The Labute approximate surface area is 109 Å². The summed E-state index contributed by atoms with van der Waals surface area (Å²) in [5, 5.41) is 3.43. The molecule has 2 fully saturated rings. The largest absolute Gasteiger partial charge is 0.445 e. The van der Waals surface area contributed by atoms with Crippen LogP contribution in [0.5, 0.6) is 0 Å². The zero-order valence-electron chi connectivity index (χ0n) is 11.5. The van der Waals surface area contributed by atoms with E-state index in [1.165, 1.54) is 19.3 Å². The van der Waals surface area contributed by atoms with Crippen molar-refractivity contribution in [1.29, 1.82) is 0 Å². The molecule has 1 N–H and O–H groups in total. The van der Waals surface area contributed by atoms with Crippen LogP contribution in [0.25, 0.3) is 0 Å². The molecule has 1 aromatic heterocycles. The first kappa shape index (κ1) is 12.2. The van der Waals surface area contributed by atoms with Gasteiger partial charge in [0.05, 0.1) is 6.20 Å². The highest BCUT2D eigenvalue weighted by Gasteiger charge is 2.54. The van der Waals surface area contributed by atoms with Crippen LogP contribution >= 0.6 is 0 Å². The van der Waals surface area contributed by atoms with Gasteiger partial charge in [-0.05, 0) is 37.1 Å². The second-order valence-corrected chi connectivity index (χ2v) is 6.29. The molecule has 0 aliphatic heterocycles. The summed E-state index contributed by atoms with van der Waals surface area (Å²) in [7, 11) is 0. The summed E-state index contributed by atoms with van der Waals surface area (Å²) in [6.07, 6.45) is 7.12. The van der Waals surface area contributed by atoms with Gasteiger partial charge in [0, 0.05) is 18.9 Å². The molecule has 3 heteroatoms. The van der Waals surface area contributed by atoms with Gasteiger partial charge in [-0.25, -0.2) is 4.98 Å². The standard InChI is InChI=1S/C15H24N2O/c1-10(2)8-16-7-6-14-17-9-13(18-14)15-11-4-3-5-12(11)15/h9-12,15-16H,3-8H2,1-2H3. The van der Waals surface area contributed by atoms with Gasteiger partial charge in [-0.1, -0.05) is 20.3 Å². The first-order valence-corrected chi connectivity index (χ1v) is 7.41. The van der Waals surface area contributed by atoms with E-state index in [0.717, 1.165) is 43.0 Å². The summed E-state index contributed by atoms with van der Waals surface area (Å²) in [4.78, 5) is 4.41. The summed E-state index contributed by atoms with van der Waals surface area (Å²) in [5.41, 5.74) is 0. The molecule has 18 heavy (non-hydrogen) atoms. The van der Waals surface area contributed by atoms with Crippen LogP contribution in [-0.2, 0) is 6.42 Å². The first-order valence-electron chi connectivity index (χ1n) is 7.41. The highest BCUT2D eigenvalue weighted by Crippen LogP contribution is 2.63. The third-order valence-corrected chi connectivity index (χ3v) is 4.37. The maximum Gasteiger partial charge on any atom is 0.195 e. The third-order valence-electron chi connectivity index (χ3n) is 4.37. The van der Waals surface area contributed by atoms with E-state index in [1.807, 2.05) is 6.20 Å². The zero-order chi connectivity index (χ0) is 12.5. The molecule has 2 unspecified atom stereocenters. The molecule has 3 nitrogen and oxygen atoms in total. The van der Waals surface area contributed by atoms with E-state index in [1.54, 1.807) is 0 Å². The SMILES string of the molecule is CC(C)CNCCc1ncc(C2C3CCCC32)o1. The molecule has 2 atom stereocenters. The van der Waals surface area contributed by atoms with E-state index in [9.17, 15) is 0 Å². The minimum absolute atomic E-state index is 0.705. The highest BCUT2D eigenvalue weighted by molar-refractivity contribution is 5.19. The van der Waals surface area contributed by atoms with Crippen LogP contribution in [0.4, 0.5) is 0 Å². The molecule has 0 bridgehead atoms.